The molecule has 1 aromatic heterocycles. The monoisotopic (exact) mass is 312 g/mol. The minimum atomic E-state index is -0.0192. The highest BCUT2D eigenvalue weighted by Crippen LogP contribution is 2.36. The summed E-state index contributed by atoms with van der Waals surface area (Å²) in [4.78, 5) is 6.74. The average molecular weight is 313 g/mol. The number of anilines is 1. The van der Waals surface area contributed by atoms with Crippen LogP contribution in [-0.4, -0.2) is 23.2 Å². The molecule has 1 fully saturated rings. The van der Waals surface area contributed by atoms with Crippen LogP contribution in [0.3, 0.4) is 0 Å². The van der Waals surface area contributed by atoms with Gasteiger partial charge in [-0.25, -0.2) is 0 Å². The SMILES string of the molecule is Cc1cc(N2CCC(C)(C)CC2)c(Br)c(CO)n1. The van der Waals surface area contributed by atoms with E-state index in [1.54, 1.807) is 0 Å². The van der Waals surface area contributed by atoms with E-state index in [4.69, 9.17) is 0 Å². The van der Waals surface area contributed by atoms with Crippen molar-refractivity contribution < 1.29 is 5.11 Å². The molecule has 100 valence electrons. The molecule has 18 heavy (non-hydrogen) atoms. The van der Waals surface area contributed by atoms with E-state index in [9.17, 15) is 5.11 Å². The largest absolute Gasteiger partial charge is 0.390 e. The van der Waals surface area contributed by atoms with Crippen LogP contribution < -0.4 is 4.90 Å². The van der Waals surface area contributed by atoms with Crippen LogP contribution in [-0.2, 0) is 6.61 Å². The standard InChI is InChI=1S/C14H21BrN2O/c1-10-8-12(13(15)11(9-18)16-10)17-6-4-14(2,3)5-7-17/h8,18H,4-7,9H2,1-3H3. The lowest BCUT2D eigenvalue weighted by Gasteiger charge is -2.38. The van der Waals surface area contributed by atoms with E-state index in [1.165, 1.54) is 18.5 Å². The van der Waals surface area contributed by atoms with E-state index in [2.05, 4.69) is 45.7 Å². The number of hydrogen-bond donors (Lipinski definition) is 1. The summed E-state index contributed by atoms with van der Waals surface area (Å²) in [5.74, 6) is 0. The molecule has 2 rings (SSSR count). The predicted molar refractivity (Wildman–Crippen MR) is 77.8 cm³/mol. The quantitative estimate of drug-likeness (QED) is 0.910. The Hall–Kier alpha value is -0.610. The fourth-order valence-electron chi connectivity index (χ4n) is 2.39. The van der Waals surface area contributed by atoms with Crippen LogP contribution in [0.25, 0.3) is 0 Å². The first-order valence-corrected chi connectivity index (χ1v) is 7.24. The molecule has 4 heteroatoms. The molecule has 3 nitrogen and oxygen atoms in total. The van der Waals surface area contributed by atoms with Crippen LogP contribution in [0, 0.1) is 12.3 Å². The lowest BCUT2D eigenvalue weighted by molar-refractivity contribution is 0.274. The number of piperidine rings is 1. The van der Waals surface area contributed by atoms with E-state index >= 15 is 0 Å². The number of aliphatic hydroxyl groups is 1. The molecule has 1 saturated heterocycles. The van der Waals surface area contributed by atoms with Gasteiger partial charge in [0.05, 0.1) is 22.5 Å². The third kappa shape index (κ3) is 2.86. The molecule has 1 aromatic rings. The molecule has 0 atom stereocenters. The molecule has 0 radical (unpaired) electrons. The Morgan fingerprint density at radius 1 is 1.39 bits per heavy atom. The molecule has 2 heterocycles. The minimum absolute atomic E-state index is 0.0192. The molecular weight excluding hydrogens is 292 g/mol. The zero-order valence-corrected chi connectivity index (χ0v) is 12.9. The van der Waals surface area contributed by atoms with Gasteiger partial charge in [-0.1, -0.05) is 13.8 Å². The van der Waals surface area contributed by atoms with Gasteiger partial charge in [0.1, 0.15) is 0 Å². The van der Waals surface area contributed by atoms with Crippen LogP contribution in [0.2, 0.25) is 0 Å². The highest BCUT2D eigenvalue weighted by Gasteiger charge is 2.26. The van der Waals surface area contributed by atoms with Crippen LogP contribution in [0.4, 0.5) is 5.69 Å². The van der Waals surface area contributed by atoms with Gasteiger partial charge in [0.15, 0.2) is 0 Å². The average Bonchev–Trinajstić information content (AvgIpc) is 2.32. The highest BCUT2D eigenvalue weighted by atomic mass is 79.9. The molecule has 0 bridgehead atoms. The zero-order valence-electron chi connectivity index (χ0n) is 11.3. The molecule has 0 spiro atoms. The Morgan fingerprint density at radius 3 is 2.56 bits per heavy atom. The fourth-order valence-corrected chi connectivity index (χ4v) is 2.97. The number of rotatable bonds is 2. The van der Waals surface area contributed by atoms with E-state index in [-0.39, 0.29) is 6.61 Å². The number of halogens is 1. The second-order valence-corrected chi connectivity index (χ2v) is 6.65. The second-order valence-electron chi connectivity index (χ2n) is 5.85. The summed E-state index contributed by atoms with van der Waals surface area (Å²) in [5.41, 5.74) is 3.31. The van der Waals surface area contributed by atoms with Crippen LogP contribution in [0.15, 0.2) is 10.5 Å². The van der Waals surface area contributed by atoms with E-state index < -0.39 is 0 Å². The Morgan fingerprint density at radius 2 is 2.00 bits per heavy atom. The smallest absolute Gasteiger partial charge is 0.0865 e. The number of aryl methyl sites for hydroxylation is 1. The first-order chi connectivity index (χ1) is 8.43. The van der Waals surface area contributed by atoms with Gasteiger partial charge in [0.25, 0.3) is 0 Å². The van der Waals surface area contributed by atoms with Gasteiger partial charge in [-0.3, -0.25) is 4.98 Å². The Bertz CT molecular complexity index is 436. The van der Waals surface area contributed by atoms with Gasteiger partial charge >= 0.3 is 0 Å². The van der Waals surface area contributed by atoms with E-state index in [0.29, 0.717) is 5.41 Å². The summed E-state index contributed by atoms with van der Waals surface area (Å²) >= 11 is 3.58. The van der Waals surface area contributed by atoms with Crippen molar-refractivity contribution in [3.8, 4) is 0 Å². The molecule has 0 aliphatic carbocycles. The lowest BCUT2D eigenvalue weighted by atomic mass is 9.82. The molecule has 1 N–H and O–H groups in total. The summed E-state index contributed by atoms with van der Waals surface area (Å²) in [6, 6.07) is 2.10. The summed E-state index contributed by atoms with van der Waals surface area (Å²) in [5, 5.41) is 9.34. The van der Waals surface area contributed by atoms with Gasteiger partial charge in [0, 0.05) is 18.8 Å². The van der Waals surface area contributed by atoms with Crippen molar-refractivity contribution in [2.45, 2.75) is 40.2 Å². The topological polar surface area (TPSA) is 36.4 Å². The molecule has 0 amide bonds. The summed E-state index contributed by atoms with van der Waals surface area (Å²) in [6.45, 7) is 8.75. The first-order valence-electron chi connectivity index (χ1n) is 6.45. The number of pyridine rings is 1. The number of nitrogens with zero attached hydrogens (tertiary/aromatic N) is 2. The van der Waals surface area contributed by atoms with Gasteiger partial charge in [-0.15, -0.1) is 0 Å². The van der Waals surface area contributed by atoms with Crippen molar-refractivity contribution in [1.29, 1.82) is 0 Å². The third-order valence-corrected chi connectivity index (χ3v) is 4.61. The maximum atomic E-state index is 9.34. The molecular formula is C14H21BrN2O. The predicted octanol–water partition coefficient (Wildman–Crippen LogP) is 3.27. The summed E-state index contributed by atoms with van der Waals surface area (Å²) in [7, 11) is 0. The van der Waals surface area contributed by atoms with Crippen LogP contribution in [0.1, 0.15) is 38.1 Å². The summed E-state index contributed by atoms with van der Waals surface area (Å²) < 4.78 is 0.940. The van der Waals surface area contributed by atoms with Crippen LogP contribution in [0.5, 0.6) is 0 Å². The van der Waals surface area contributed by atoms with Crippen molar-refractivity contribution in [1.82, 2.24) is 4.98 Å². The van der Waals surface area contributed by atoms with Crippen molar-refractivity contribution >= 4 is 21.6 Å². The molecule has 1 aliphatic heterocycles. The van der Waals surface area contributed by atoms with Gasteiger partial charge in [0.2, 0.25) is 0 Å². The zero-order chi connectivity index (χ0) is 13.3. The van der Waals surface area contributed by atoms with Crippen molar-refractivity contribution in [2.24, 2.45) is 5.41 Å². The Labute approximate surface area is 117 Å². The lowest BCUT2D eigenvalue weighted by Crippen LogP contribution is -2.37. The van der Waals surface area contributed by atoms with Gasteiger partial charge in [-0.2, -0.15) is 0 Å². The summed E-state index contributed by atoms with van der Waals surface area (Å²) in [6.07, 6.45) is 2.41. The highest BCUT2D eigenvalue weighted by molar-refractivity contribution is 9.10. The Kier molecular flexibility index (Phi) is 3.97. The van der Waals surface area contributed by atoms with E-state index in [1.807, 2.05) is 6.92 Å². The fraction of sp³-hybridized carbons (Fsp3) is 0.643. The normalized spacial score (nSPS) is 19.1. The minimum Gasteiger partial charge on any atom is -0.390 e. The van der Waals surface area contributed by atoms with Crippen LogP contribution >= 0.6 is 15.9 Å². The third-order valence-electron chi connectivity index (χ3n) is 3.74. The number of aromatic nitrogens is 1. The maximum absolute atomic E-state index is 9.34. The number of hydrogen-bond acceptors (Lipinski definition) is 3. The second kappa shape index (κ2) is 5.17. The molecule has 0 aromatic carbocycles. The van der Waals surface area contributed by atoms with Crippen molar-refractivity contribution in [3.05, 3.63) is 21.9 Å². The van der Waals surface area contributed by atoms with Crippen molar-refractivity contribution in [2.75, 3.05) is 18.0 Å². The molecule has 0 saturated carbocycles. The molecule has 0 unspecified atom stereocenters. The molecule has 1 aliphatic rings. The number of aliphatic hydroxyl groups excluding tert-OH is 1. The van der Waals surface area contributed by atoms with Gasteiger partial charge < -0.3 is 10.0 Å². The van der Waals surface area contributed by atoms with Gasteiger partial charge in [-0.05, 0) is 47.2 Å². The maximum Gasteiger partial charge on any atom is 0.0865 e. The first kappa shape index (κ1) is 13.8. The van der Waals surface area contributed by atoms with Crippen molar-refractivity contribution in [3.63, 3.8) is 0 Å². The van der Waals surface area contributed by atoms with E-state index in [0.717, 1.165) is 29.0 Å². The Balaban J connectivity index is 2.26.